The van der Waals surface area contributed by atoms with Gasteiger partial charge in [0.15, 0.2) is 0 Å². The summed E-state index contributed by atoms with van der Waals surface area (Å²) >= 11 is 0. The summed E-state index contributed by atoms with van der Waals surface area (Å²) in [6.45, 7) is 5.53. The van der Waals surface area contributed by atoms with Crippen LogP contribution in [0.5, 0.6) is 0 Å². The summed E-state index contributed by atoms with van der Waals surface area (Å²) in [5.41, 5.74) is 3.33. The van der Waals surface area contributed by atoms with E-state index in [1.807, 2.05) is 61.2 Å². The number of amidine groups is 1. The van der Waals surface area contributed by atoms with Crippen molar-refractivity contribution in [2.75, 3.05) is 13.1 Å². The molecule has 1 aromatic carbocycles. The zero-order valence-electron chi connectivity index (χ0n) is 18.4. The van der Waals surface area contributed by atoms with Crippen LogP contribution in [0.4, 0.5) is 0 Å². The zero-order chi connectivity index (χ0) is 22.7. The van der Waals surface area contributed by atoms with Crippen LogP contribution < -0.4 is 5.32 Å². The smallest absolute Gasteiger partial charge is 0.285 e. The summed E-state index contributed by atoms with van der Waals surface area (Å²) < 4.78 is 30.0. The second kappa shape index (κ2) is 9.24. The molecule has 32 heavy (non-hydrogen) atoms. The van der Waals surface area contributed by atoms with Crippen LogP contribution in [0.25, 0.3) is 4.91 Å². The van der Waals surface area contributed by atoms with E-state index in [-0.39, 0.29) is 11.8 Å². The van der Waals surface area contributed by atoms with Gasteiger partial charge in [0.1, 0.15) is 10.7 Å². The molecule has 2 aliphatic rings. The Kier molecular flexibility index (Phi) is 6.41. The molecule has 0 unspecified atom stereocenters. The molecule has 0 bridgehead atoms. The Morgan fingerprint density at radius 1 is 1.12 bits per heavy atom. The lowest BCUT2D eigenvalue weighted by Crippen LogP contribution is -2.43. The van der Waals surface area contributed by atoms with Gasteiger partial charge in [0.2, 0.25) is 5.91 Å². The van der Waals surface area contributed by atoms with Gasteiger partial charge < -0.3 is 10.2 Å². The normalized spacial score (nSPS) is 18.6. The Labute approximate surface area is 189 Å². The topological polar surface area (TPSA) is 91.7 Å². The molecule has 1 amide bonds. The highest BCUT2D eigenvalue weighted by Gasteiger charge is 2.36. The minimum absolute atomic E-state index is 0.0166. The number of nitrogens with one attached hydrogen (secondary N) is 1. The Morgan fingerprint density at radius 3 is 2.47 bits per heavy atom. The largest absolute Gasteiger partial charge is 0.356 e. The first-order valence-electron chi connectivity index (χ1n) is 11.0. The van der Waals surface area contributed by atoms with Gasteiger partial charge in [-0.25, -0.2) is 0 Å². The molecule has 1 N–H and O–H groups in total. The van der Waals surface area contributed by atoms with Crippen LogP contribution >= 0.6 is 0 Å². The van der Waals surface area contributed by atoms with Crippen LogP contribution in [0.15, 0.2) is 58.6 Å². The average molecular weight is 453 g/mol. The van der Waals surface area contributed by atoms with Crippen molar-refractivity contribution in [2.24, 2.45) is 10.3 Å². The maximum Gasteiger partial charge on any atom is 0.285 e. The molecule has 0 radical (unpaired) electrons. The fraction of sp³-hybridized carbons (Fsp3) is 0.375. The summed E-state index contributed by atoms with van der Waals surface area (Å²) in [7, 11) is -3.74. The van der Waals surface area contributed by atoms with Gasteiger partial charge in [-0.1, -0.05) is 42.8 Å². The Hall–Kier alpha value is -3.00. The van der Waals surface area contributed by atoms with Gasteiger partial charge in [-0.3, -0.25) is 9.78 Å². The first-order valence-corrected chi connectivity index (χ1v) is 12.4. The third kappa shape index (κ3) is 4.60. The average Bonchev–Trinajstić information content (AvgIpc) is 3.09. The van der Waals surface area contributed by atoms with Crippen LogP contribution in [-0.2, 0) is 21.4 Å². The standard InChI is InChI=1S/C24H28N4O3S/c1-3-21-22(18-9-7-17(2)8-10-18)32(30,31)27-23(21)28-14-11-19(12-15-28)24(29)26-16-20-6-4-5-13-25-20/h4-10,13,19H,3,11-12,14-16H2,1-2H3,(H,26,29). The molecular formula is C24H28N4O3S. The van der Waals surface area contributed by atoms with E-state index in [4.69, 9.17) is 0 Å². The minimum Gasteiger partial charge on any atom is -0.356 e. The summed E-state index contributed by atoms with van der Waals surface area (Å²) in [5, 5.41) is 2.96. The summed E-state index contributed by atoms with van der Waals surface area (Å²) in [4.78, 5) is 19.1. The van der Waals surface area contributed by atoms with Crippen molar-refractivity contribution >= 4 is 26.7 Å². The monoisotopic (exact) mass is 452 g/mol. The highest BCUT2D eigenvalue weighted by atomic mass is 32.2. The maximum atomic E-state index is 12.9. The SMILES string of the molecule is CCC1=C(c2ccc(C)cc2)S(=O)(=O)N=C1N1CCC(C(=O)NCc2ccccn2)CC1. The molecule has 7 nitrogen and oxygen atoms in total. The molecule has 8 heteroatoms. The maximum absolute atomic E-state index is 12.9. The van der Waals surface area contributed by atoms with Crippen molar-refractivity contribution in [3.63, 3.8) is 0 Å². The fourth-order valence-corrected chi connectivity index (χ4v) is 5.77. The van der Waals surface area contributed by atoms with Crippen LogP contribution in [0.1, 0.15) is 43.0 Å². The van der Waals surface area contributed by atoms with Crippen molar-refractivity contribution in [3.8, 4) is 0 Å². The number of hydrogen-bond acceptors (Lipinski definition) is 5. The van der Waals surface area contributed by atoms with Gasteiger partial charge in [0, 0.05) is 30.8 Å². The van der Waals surface area contributed by atoms with E-state index < -0.39 is 10.0 Å². The van der Waals surface area contributed by atoms with Gasteiger partial charge in [-0.15, -0.1) is 4.40 Å². The van der Waals surface area contributed by atoms with Crippen molar-refractivity contribution in [1.82, 2.24) is 15.2 Å². The van der Waals surface area contributed by atoms with Crippen molar-refractivity contribution in [2.45, 2.75) is 39.7 Å². The lowest BCUT2D eigenvalue weighted by atomic mass is 9.94. The molecular weight excluding hydrogens is 424 g/mol. The number of pyridine rings is 1. The lowest BCUT2D eigenvalue weighted by Gasteiger charge is -2.33. The third-order valence-corrected chi connectivity index (χ3v) is 7.42. The predicted octanol–water partition coefficient (Wildman–Crippen LogP) is 3.28. The molecule has 0 atom stereocenters. The zero-order valence-corrected chi connectivity index (χ0v) is 19.2. The van der Waals surface area contributed by atoms with Crippen molar-refractivity contribution < 1.29 is 13.2 Å². The molecule has 0 spiro atoms. The number of aromatic nitrogens is 1. The van der Waals surface area contributed by atoms with E-state index in [0.29, 0.717) is 55.2 Å². The molecule has 4 rings (SSSR count). The van der Waals surface area contributed by atoms with Gasteiger partial charge in [-0.05, 0) is 43.9 Å². The summed E-state index contributed by atoms with van der Waals surface area (Å²) in [6, 6.07) is 13.1. The Balaban J connectivity index is 1.44. The first kappa shape index (κ1) is 22.2. The molecule has 1 saturated heterocycles. The number of carbonyl (C=O) groups excluding carboxylic acids is 1. The van der Waals surface area contributed by atoms with Gasteiger partial charge in [0.25, 0.3) is 10.0 Å². The second-order valence-electron chi connectivity index (χ2n) is 8.22. The number of carbonyl (C=O) groups is 1. The van der Waals surface area contributed by atoms with Crippen LogP contribution in [-0.4, -0.2) is 43.1 Å². The number of piperidine rings is 1. The van der Waals surface area contributed by atoms with E-state index in [1.54, 1.807) is 6.20 Å². The fourth-order valence-electron chi connectivity index (χ4n) is 4.25. The van der Waals surface area contributed by atoms with E-state index in [1.165, 1.54) is 0 Å². The van der Waals surface area contributed by atoms with Crippen LogP contribution in [0.3, 0.4) is 0 Å². The molecule has 0 saturated carbocycles. The van der Waals surface area contributed by atoms with E-state index in [0.717, 1.165) is 16.8 Å². The van der Waals surface area contributed by atoms with Crippen molar-refractivity contribution in [1.29, 1.82) is 0 Å². The molecule has 3 heterocycles. The third-order valence-electron chi connectivity index (χ3n) is 6.01. The molecule has 1 aromatic heterocycles. The summed E-state index contributed by atoms with van der Waals surface area (Å²) in [6.07, 6.45) is 3.60. The molecule has 2 aliphatic heterocycles. The minimum atomic E-state index is -3.74. The van der Waals surface area contributed by atoms with E-state index in [9.17, 15) is 13.2 Å². The van der Waals surface area contributed by atoms with E-state index in [2.05, 4.69) is 14.7 Å². The second-order valence-corrected chi connectivity index (χ2v) is 9.76. The lowest BCUT2D eigenvalue weighted by molar-refractivity contribution is -0.126. The number of hydrogen-bond donors (Lipinski definition) is 1. The number of sulfonamides is 1. The van der Waals surface area contributed by atoms with Gasteiger partial charge in [0.05, 0.1) is 12.2 Å². The van der Waals surface area contributed by atoms with Gasteiger partial charge >= 0.3 is 0 Å². The van der Waals surface area contributed by atoms with Gasteiger partial charge in [-0.2, -0.15) is 8.42 Å². The number of rotatable bonds is 5. The number of aryl methyl sites for hydroxylation is 1. The Morgan fingerprint density at radius 2 is 1.84 bits per heavy atom. The Bertz CT molecular complexity index is 1150. The van der Waals surface area contributed by atoms with Crippen LogP contribution in [0, 0.1) is 12.8 Å². The molecule has 1 fully saturated rings. The number of benzene rings is 1. The molecule has 2 aromatic rings. The molecule has 0 aliphatic carbocycles. The van der Waals surface area contributed by atoms with Crippen LogP contribution in [0.2, 0.25) is 0 Å². The highest BCUT2D eigenvalue weighted by molar-refractivity contribution is 8.00. The number of likely N-dealkylation sites (tertiary alicyclic amines) is 1. The summed E-state index contributed by atoms with van der Waals surface area (Å²) in [5.74, 6) is 0.456. The predicted molar refractivity (Wildman–Crippen MR) is 125 cm³/mol. The quantitative estimate of drug-likeness (QED) is 0.752. The van der Waals surface area contributed by atoms with E-state index >= 15 is 0 Å². The number of nitrogens with zero attached hydrogens (tertiary/aromatic N) is 3. The first-order chi connectivity index (χ1) is 15.4. The highest BCUT2D eigenvalue weighted by Crippen LogP contribution is 2.36. The molecule has 168 valence electrons. The van der Waals surface area contributed by atoms with Crippen molar-refractivity contribution in [3.05, 3.63) is 71.1 Å². The number of amides is 1.